The van der Waals surface area contributed by atoms with Gasteiger partial charge in [0.05, 0.1) is 26.4 Å². The summed E-state index contributed by atoms with van der Waals surface area (Å²) in [6, 6.07) is 5.42. The smallest absolute Gasteiger partial charge is 0.124 e. The quantitative estimate of drug-likeness (QED) is 0.409. The highest BCUT2D eigenvalue weighted by atomic mass is 16.3. The zero-order chi connectivity index (χ0) is 19.7. The SMILES string of the molecule is C=C.CNCc1[nH]c(C#N)c(CO)c1-c1ccc(CO)c(CO)c1CO. The lowest BCUT2D eigenvalue weighted by molar-refractivity contribution is 0.248. The van der Waals surface area contributed by atoms with Crippen LogP contribution < -0.4 is 5.32 Å². The van der Waals surface area contributed by atoms with Gasteiger partial charge in [-0.25, -0.2) is 0 Å². The highest BCUT2D eigenvalue weighted by Gasteiger charge is 2.22. The van der Waals surface area contributed by atoms with Gasteiger partial charge in [0.15, 0.2) is 0 Å². The minimum Gasteiger partial charge on any atom is -0.392 e. The van der Waals surface area contributed by atoms with Gasteiger partial charge >= 0.3 is 0 Å². The van der Waals surface area contributed by atoms with Crippen LogP contribution in [0.15, 0.2) is 25.3 Å². The third-order valence-corrected chi connectivity index (χ3v) is 4.09. The minimum atomic E-state index is -0.337. The summed E-state index contributed by atoms with van der Waals surface area (Å²) < 4.78 is 0. The van der Waals surface area contributed by atoms with Gasteiger partial charge < -0.3 is 30.7 Å². The van der Waals surface area contributed by atoms with Crippen molar-refractivity contribution in [3.63, 3.8) is 0 Å². The molecule has 0 fully saturated rings. The number of H-pyrrole nitrogens is 1. The van der Waals surface area contributed by atoms with Crippen LogP contribution in [0, 0.1) is 11.3 Å². The van der Waals surface area contributed by atoms with Crippen LogP contribution >= 0.6 is 0 Å². The first-order valence-electron chi connectivity index (χ1n) is 8.02. The van der Waals surface area contributed by atoms with Crippen molar-refractivity contribution >= 4 is 0 Å². The lowest BCUT2D eigenvalue weighted by Crippen LogP contribution is -2.08. The van der Waals surface area contributed by atoms with Crippen LogP contribution in [0.4, 0.5) is 0 Å². The Balaban J connectivity index is 0.00000163. The Kier molecular flexibility index (Phi) is 8.72. The molecule has 0 saturated carbocycles. The van der Waals surface area contributed by atoms with Gasteiger partial charge in [-0.15, -0.1) is 13.2 Å². The third kappa shape index (κ3) is 4.02. The Labute approximate surface area is 152 Å². The number of nitrogens with zero attached hydrogens (tertiary/aromatic N) is 1. The van der Waals surface area contributed by atoms with E-state index in [0.29, 0.717) is 45.6 Å². The van der Waals surface area contributed by atoms with E-state index < -0.39 is 0 Å². The van der Waals surface area contributed by atoms with E-state index in [9.17, 15) is 25.7 Å². The van der Waals surface area contributed by atoms with Crippen molar-refractivity contribution in [1.82, 2.24) is 10.3 Å². The van der Waals surface area contributed by atoms with Crippen molar-refractivity contribution in [1.29, 1.82) is 5.26 Å². The second-order valence-electron chi connectivity index (χ2n) is 5.34. The number of aromatic amines is 1. The molecule has 0 unspecified atom stereocenters. The largest absolute Gasteiger partial charge is 0.392 e. The van der Waals surface area contributed by atoms with Crippen molar-refractivity contribution in [3.05, 3.63) is 58.9 Å². The van der Waals surface area contributed by atoms with Gasteiger partial charge in [-0.05, 0) is 29.3 Å². The summed E-state index contributed by atoms with van der Waals surface area (Å²) in [6.45, 7) is 5.18. The normalized spacial score (nSPS) is 10.2. The fourth-order valence-electron chi connectivity index (χ4n) is 2.99. The molecule has 0 bridgehead atoms. The van der Waals surface area contributed by atoms with Crippen LogP contribution in [-0.4, -0.2) is 32.5 Å². The second-order valence-corrected chi connectivity index (χ2v) is 5.34. The standard InChI is InChI=1S/C17H21N3O4.C2H4/c1-19-5-16-17(14(9-24)15(4-18)20-16)11-3-2-10(6-21)12(7-22)13(11)8-23;1-2/h2-3,19-24H,5-9H2,1H3;1-2H2. The molecule has 2 rings (SSSR count). The third-order valence-electron chi connectivity index (χ3n) is 4.09. The van der Waals surface area contributed by atoms with E-state index in [0.717, 1.165) is 0 Å². The summed E-state index contributed by atoms with van der Waals surface area (Å²) in [5.41, 5.74) is 4.11. The Hall–Kier alpha value is -2.47. The number of nitrogens with one attached hydrogen (secondary N) is 2. The number of aliphatic hydroxyl groups excluding tert-OH is 4. The van der Waals surface area contributed by atoms with Crippen molar-refractivity contribution in [3.8, 4) is 17.2 Å². The number of hydrogen-bond acceptors (Lipinski definition) is 6. The molecule has 0 aliphatic carbocycles. The van der Waals surface area contributed by atoms with Crippen LogP contribution in [0.5, 0.6) is 0 Å². The van der Waals surface area contributed by atoms with Crippen LogP contribution in [-0.2, 0) is 33.0 Å². The Morgan fingerprint density at radius 1 is 1.00 bits per heavy atom. The molecule has 140 valence electrons. The average Bonchev–Trinajstić information content (AvgIpc) is 3.05. The van der Waals surface area contributed by atoms with Crippen molar-refractivity contribution in [2.45, 2.75) is 33.0 Å². The van der Waals surface area contributed by atoms with Crippen LogP contribution in [0.2, 0.25) is 0 Å². The Morgan fingerprint density at radius 2 is 1.62 bits per heavy atom. The summed E-state index contributed by atoms with van der Waals surface area (Å²) in [5, 5.41) is 50.9. The topological polar surface area (TPSA) is 133 Å². The molecule has 0 atom stereocenters. The number of rotatable bonds is 7. The predicted molar refractivity (Wildman–Crippen MR) is 98.7 cm³/mol. The molecular formula is C19H25N3O4. The number of hydrogen-bond donors (Lipinski definition) is 6. The molecule has 0 spiro atoms. The summed E-state index contributed by atoms with van der Waals surface area (Å²) in [6.07, 6.45) is 0. The van der Waals surface area contributed by atoms with Crippen LogP contribution in [0.3, 0.4) is 0 Å². The molecule has 7 heteroatoms. The highest BCUT2D eigenvalue weighted by molar-refractivity contribution is 5.77. The fourth-order valence-corrected chi connectivity index (χ4v) is 2.99. The van der Waals surface area contributed by atoms with E-state index in [1.54, 1.807) is 19.2 Å². The molecule has 0 aliphatic heterocycles. The number of aliphatic hydroxyl groups is 4. The Bertz CT molecular complexity index is 778. The summed E-state index contributed by atoms with van der Waals surface area (Å²) in [4.78, 5) is 2.99. The molecule has 26 heavy (non-hydrogen) atoms. The average molecular weight is 359 g/mol. The molecule has 0 amide bonds. The molecule has 0 aliphatic rings. The van der Waals surface area contributed by atoms with Gasteiger partial charge in [0.1, 0.15) is 11.8 Å². The summed E-state index contributed by atoms with van der Waals surface area (Å²) in [7, 11) is 1.76. The fraction of sp³-hybridized carbons (Fsp3) is 0.316. The zero-order valence-electron chi connectivity index (χ0n) is 14.8. The molecular weight excluding hydrogens is 334 g/mol. The van der Waals surface area contributed by atoms with Crippen molar-refractivity contribution < 1.29 is 20.4 Å². The van der Waals surface area contributed by atoms with Gasteiger partial charge in [0.2, 0.25) is 0 Å². The van der Waals surface area contributed by atoms with Gasteiger partial charge in [0, 0.05) is 23.4 Å². The first kappa shape index (κ1) is 21.6. The van der Waals surface area contributed by atoms with E-state index in [4.69, 9.17) is 0 Å². The van der Waals surface area contributed by atoms with Crippen molar-refractivity contribution in [2.75, 3.05) is 7.05 Å². The van der Waals surface area contributed by atoms with Crippen LogP contribution in [0.1, 0.15) is 33.6 Å². The van der Waals surface area contributed by atoms with Crippen molar-refractivity contribution in [2.24, 2.45) is 0 Å². The summed E-state index contributed by atoms with van der Waals surface area (Å²) in [5.74, 6) is 0. The highest BCUT2D eigenvalue weighted by Crippen LogP contribution is 2.35. The molecule has 1 aromatic carbocycles. The second kappa shape index (κ2) is 10.5. The molecule has 1 aromatic heterocycles. The maximum absolute atomic E-state index is 9.81. The van der Waals surface area contributed by atoms with Gasteiger partial charge in [-0.2, -0.15) is 5.26 Å². The Morgan fingerprint density at radius 3 is 2.08 bits per heavy atom. The number of nitriles is 1. The first-order chi connectivity index (χ1) is 12.7. The maximum atomic E-state index is 9.81. The zero-order valence-corrected chi connectivity index (χ0v) is 14.8. The monoisotopic (exact) mass is 359 g/mol. The van der Waals surface area contributed by atoms with Gasteiger partial charge in [-0.1, -0.05) is 12.1 Å². The molecule has 0 saturated heterocycles. The minimum absolute atomic E-state index is 0.254. The predicted octanol–water partition coefficient (Wildman–Crippen LogP) is 1.04. The molecule has 2 aromatic rings. The number of benzene rings is 1. The lowest BCUT2D eigenvalue weighted by atomic mass is 9.90. The summed E-state index contributed by atoms with van der Waals surface area (Å²) >= 11 is 0. The van der Waals surface area contributed by atoms with Crippen LogP contribution in [0.25, 0.3) is 11.1 Å². The molecule has 0 radical (unpaired) electrons. The van der Waals surface area contributed by atoms with Gasteiger partial charge in [0.25, 0.3) is 0 Å². The van der Waals surface area contributed by atoms with E-state index >= 15 is 0 Å². The first-order valence-corrected chi connectivity index (χ1v) is 8.02. The number of aromatic nitrogens is 1. The van der Waals surface area contributed by atoms with E-state index in [1.807, 2.05) is 6.07 Å². The lowest BCUT2D eigenvalue weighted by Gasteiger charge is -2.17. The molecule has 1 heterocycles. The molecule has 7 nitrogen and oxygen atoms in total. The maximum Gasteiger partial charge on any atom is 0.124 e. The van der Waals surface area contributed by atoms with E-state index in [1.165, 1.54) is 0 Å². The van der Waals surface area contributed by atoms with E-state index in [-0.39, 0.29) is 32.1 Å². The van der Waals surface area contributed by atoms with E-state index in [2.05, 4.69) is 23.5 Å². The van der Waals surface area contributed by atoms with Gasteiger partial charge in [-0.3, -0.25) is 0 Å². The molecule has 6 N–H and O–H groups in total.